The monoisotopic (exact) mass is 283 g/mol. The molecule has 3 aromatic rings. The van der Waals surface area contributed by atoms with Gasteiger partial charge in [-0.3, -0.25) is 10.1 Å². The first-order chi connectivity index (χ1) is 9.63. The fourth-order valence-corrected chi connectivity index (χ4v) is 2.69. The number of nitrogens with zero attached hydrogens (tertiary/aromatic N) is 2. The number of rotatable bonds is 2. The standard InChI is InChI=1S/C15H13N3OS/c1-9-10(2)20-15(16-9)18-14(19)13-8-7-11-5-3-4-6-12(11)17-13/h3-8H,1-2H3,(H,16,18,19). The SMILES string of the molecule is Cc1nc(NC(=O)c2ccc3ccccc3n2)sc1C. The maximum absolute atomic E-state index is 12.2. The third-order valence-corrected chi connectivity index (χ3v) is 4.07. The van der Waals surface area contributed by atoms with Crippen molar-refractivity contribution in [2.45, 2.75) is 13.8 Å². The zero-order valence-corrected chi connectivity index (χ0v) is 12.0. The second kappa shape index (κ2) is 5.02. The van der Waals surface area contributed by atoms with Crippen molar-refractivity contribution in [1.82, 2.24) is 9.97 Å². The van der Waals surface area contributed by atoms with Crippen LogP contribution >= 0.6 is 11.3 Å². The number of thiazole rings is 1. The Labute approximate surface area is 120 Å². The summed E-state index contributed by atoms with van der Waals surface area (Å²) in [5.41, 5.74) is 2.15. The molecule has 1 aromatic carbocycles. The van der Waals surface area contributed by atoms with Gasteiger partial charge in [-0.2, -0.15) is 0 Å². The van der Waals surface area contributed by atoms with Gasteiger partial charge in [0.1, 0.15) is 5.69 Å². The highest BCUT2D eigenvalue weighted by molar-refractivity contribution is 7.15. The molecular weight excluding hydrogens is 270 g/mol. The molecular formula is C15H13N3OS. The van der Waals surface area contributed by atoms with Crippen LogP contribution in [0.3, 0.4) is 0 Å². The Morgan fingerprint density at radius 2 is 1.90 bits per heavy atom. The van der Waals surface area contributed by atoms with E-state index in [0.717, 1.165) is 21.5 Å². The van der Waals surface area contributed by atoms with Crippen molar-refractivity contribution in [3.63, 3.8) is 0 Å². The van der Waals surface area contributed by atoms with Crippen LogP contribution in [0.5, 0.6) is 0 Å². The number of hydrogen-bond donors (Lipinski definition) is 1. The molecule has 4 nitrogen and oxygen atoms in total. The predicted octanol–water partition coefficient (Wildman–Crippen LogP) is 3.56. The zero-order chi connectivity index (χ0) is 14.1. The number of carbonyl (C=O) groups is 1. The molecule has 20 heavy (non-hydrogen) atoms. The van der Waals surface area contributed by atoms with Crippen LogP contribution < -0.4 is 5.32 Å². The largest absolute Gasteiger partial charge is 0.296 e. The van der Waals surface area contributed by atoms with Gasteiger partial charge in [-0.15, -0.1) is 11.3 Å². The van der Waals surface area contributed by atoms with Gasteiger partial charge in [0, 0.05) is 10.3 Å². The molecule has 0 bridgehead atoms. The number of aromatic nitrogens is 2. The predicted molar refractivity (Wildman–Crippen MR) is 81.3 cm³/mol. The summed E-state index contributed by atoms with van der Waals surface area (Å²) in [7, 11) is 0. The molecule has 1 amide bonds. The Morgan fingerprint density at radius 1 is 1.10 bits per heavy atom. The molecule has 2 aromatic heterocycles. The van der Waals surface area contributed by atoms with Gasteiger partial charge in [0.05, 0.1) is 11.2 Å². The van der Waals surface area contributed by atoms with E-state index >= 15 is 0 Å². The average molecular weight is 283 g/mol. The molecule has 0 spiro atoms. The highest BCUT2D eigenvalue weighted by Gasteiger charge is 2.11. The molecule has 0 fully saturated rings. The van der Waals surface area contributed by atoms with E-state index in [1.807, 2.05) is 44.2 Å². The van der Waals surface area contributed by atoms with Crippen LogP contribution in [0.1, 0.15) is 21.1 Å². The lowest BCUT2D eigenvalue weighted by molar-refractivity contribution is 0.102. The summed E-state index contributed by atoms with van der Waals surface area (Å²) < 4.78 is 0. The van der Waals surface area contributed by atoms with Crippen LogP contribution in [0.25, 0.3) is 10.9 Å². The molecule has 5 heteroatoms. The van der Waals surface area contributed by atoms with Gasteiger partial charge in [-0.1, -0.05) is 24.3 Å². The number of para-hydroxylation sites is 1. The summed E-state index contributed by atoms with van der Waals surface area (Å²) in [6, 6.07) is 11.3. The average Bonchev–Trinajstić information content (AvgIpc) is 2.76. The normalized spacial score (nSPS) is 10.7. The summed E-state index contributed by atoms with van der Waals surface area (Å²) in [6.45, 7) is 3.91. The quantitative estimate of drug-likeness (QED) is 0.782. The number of hydrogen-bond acceptors (Lipinski definition) is 4. The summed E-state index contributed by atoms with van der Waals surface area (Å²) in [5, 5.41) is 4.42. The van der Waals surface area contributed by atoms with Crippen molar-refractivity contribution in [2.75, 3.05) is 5.32 Å². The molecule has 0 radical (unpaired) electrons. The molecule has 0 aliphatic rings. The number of nitrogens with one attached hydrogen (secondary N) is 1. The van der Waals surface area contributed by atoms with E-state index in [2.05, 4.69) is 15.3 Å². The molecule has 0 saturated heterocycles. The minimum absolute atomic E-state index is 0.232. The fraction of sp³-hybridized carbons (Fsp3) is 0.133. The molecule has 2 heterocycles. The highest BCUT2D eigenvalue weighted by Crippen LogP contribution is 2.21. The van der Waals surface area contributed by atoms with E-state index in [1.165, 1.54) is 11.3 Å². The second-order valence-corrected chi connectivity index (χ2v) is 5.71. The minimum Gasteiger partial charge on any atom is -0.296 e. The van der Waals surface area contributed by atoms with E-state index < -0.39 is 0 Å². The smallest absolute Gasteiger partial charge is 0.276 e. The number of fused-ring (bicyclic) bond motifs is 1. The fourth-order valence-electron chi connectivity index (χ4n) is 1.88. The van der Waals surface area contributed by atoms with Crippen LogP contribution in [-0.2, 0) is 0 Å². The van der Waals surface area contributed by atoms with Gasteiger partial charge in [0.15, 0.2) is 5.13 Å². The van der Waals surface area contributed by atoms with E-state index in [4.69, 9.17) is 0 Å². The van der Waals surface area contributed by atoms with Gasteiger partial charge < -0.3 is 0 Å². The molecule has 100 valence electrons. The summed E-state index contributed by atoms with van der Waals surface area (Å²) in [4.78, 5) is 21.9. The number of carbonyl (C=O) groups excluding carboxylic acids is 1. The Hall–Kier alpha value is -2.27. The van der Waals surface area contributed by atoms with Crippen LogP contribution in [0.2, 0.25) is 0 Å². The molecule has 0 unspecified atom stereocenters. The van der Waals surface area contributed by atoms with Crippen molar-refractivity contribution in [2.24, 2.45) is 0 Å². The minimum atomic E-state index is -0.232. The first-order valence-electron chi connectivity index (χ1n) is 6.24. The summed E-state index contributed by atoms with van der Waals surface area (Å²) in [6.07, 6.45) is 0. The molecule has 0 saturated carbocycles. The van der Waals surface area contributed by atoms with E-state index in [-0.39, 0.29) is 5.91 Å². The van der Waals surface area contributed by atoms with Gasteiger partial charge in [-0.25, -0.2) is 9.97 Å². The number of amides is 1. The van der Waals surface area contributed by atoms with Crippen LogP contribution in [-0.4, -0.2) is 15.9 Å². The van der Waals surface area contributed by atoms with Crippen LogP contribution in [0.15, 0.2) is 36.4 Å². The van der Waals surface area contributed by atoms with E-state index in [1.54, 1.807) is 6.07 Å². The zero-order valence-electron chi connectivity index (χ0n) is 11.2. The van der Waals surface area contributed by atoms with Crippen LogP contribution in [0, 0.1) is 13.8 Å². The summed E-state index contributed by atoms with van der Waals surface area (Å²) >= 11 is 1.47. The Kier molecular flexibility index (Phi) is 3.20. The van der Waals surface area contributed by atoms with Crippen molar-refractivity contribution < 1.29 is 4.79 Å². The second-order valence-electron chi connectivity index (χ2n) is 4.50. The number of pyridine rings is 1. The Balaban J connectivity index is 1.88. The maximum Gasteiger partial charge on any atom is 0.276 e. The number of anilines is 1. The van der Waals surface area contributed by atoms with Crippen LogP contribution in [0.4, 0.5) is 5.13 Å². The lowest BCUT2D eigenvalue weighted by Gasteiger charge is -2.02. The van der Waals surface area contributed by atoms with E-state index in [9.17, 15) is 4.79 Å². The Morgan fingerprint density at radius 3 is 2.65 bits per heavy atom. The third kappa shape index (κ3) is 2.40. The molecule has 3 rings (SSSR count). The first-order valence-corrected chi connectivity index (χ1v) is 7.06. The van der Waals surface area contributed by atoms with Crippen molar-refractivity contribution in [1.29, 1.82) is 0 Å². The van der Waals surface area contributed by atoms with Crippen molar-refractivity contribution in [3.8, 4) is 0 Å². The van der Waals surface area contributed by atoms with Gasteiger partial charge in [0.2, 0.25) is 0 Å². The molecule has 0 aliphatic heterocycles. The lowest BCUT2D eigenvalue weighted by atomic mass is 10.2. The maximum atomic E-state index is 12.2. The van der Waals surface area contributed by atoms with Crippen molar-refractivity contribution in [3.05, 3.63) is 52.7 Å². The number of benzene rings is 1. The first kappa shape index (κ1) is 12.7. The van der Waals surface area contributed by atoms with Gasteiger partial charge in [0.25, 0.3) is 5.91 Å². The van der Waals surface area contributed by atoms with Gasteiger partial charge in [-0.05, 0) is 26.0 Å². The molecule has 0 aliphatic carbocycles. The molecule has 0 atom stereocenters. The van der Waals surface area contributed by atoms with Gasteiger partial charge >= 0.3 is 0 Å². The third-order valence-electron chi connectivity index (χ3n) is 3.08. The van der Waals surface area contributed by atoms with Crippen molar-refractivity contribution >= 4 is 33.3 Å². The number of aryl methyl sites for hydroxylation is 2. The molecule has 1 N–H and O–H groups in total. The Bertz CT molecular complexity index is 775. The lowest BCUT2D eigenvalue weighted by Crippen LogP contribution is -2.13. The highest BCUT2D eigenvalue weighted by atomic mass is 32.1. The summed E-state index contributed by atoms with van der Waals surface area (Å²) in [5.74, 6) is -0.232. The van der Waals surface area contributed by atoms with E-state index in [0.29, 0.717) is 10.8 Å². The topological polar surface area (TPSA) is 54.9 Å².